The summed E-state index contributed by atoms with van der Waals surface area (Å²) in [6.45, 7) is 4.77. The SMILES string of the molecule is CCS(=O)(=O)Nc1ccccc1Oc1ccc(C(=O)N[C@H]2CN3CCC2CC3)s1. The van der Waals surface area contributed by atoms with E-state index in [1.54, 1.807) is 43.3 Å². The number of piperidine rings is 3. The van der Waals surface area contributed by atoms with Crippen LogP contribution in [0.3, 0.4) is 0 Å². The van der Waals surface area contributed by atoms with Crippen LogP contribution in [0.15, 0.2) is 36.4 Å². The Morgan fingerprint density at radius 3 is 2.66 bits per heavy atom. The van der Waals surface area contributed by atoms with Crippen molar-refractivity contribution in [3.63, 3.8) is 0 Å². The molecule has 3 fully saturated rings. The average Bonchev–Trinajstić information content (AvgIpc) is 3.19. The molecule has 0 aliphatic carbocycles. The zero-order valence-corrected chi connectivity index (χ0v) is 17.9. The number of anilines is 1. The predicted octanol–water partition coefficient (Wildman–Crippen LogP) is 3.13. The van der Waals surface area contributed by atoms with Crippen LogP contribution in [-0.2, 0) is 10.0 Å². The van der Waals surface area contributed by atoms with E-state index in [4.69, 9.17) is 4.74 Å². The molecule has 9 heteroatoms. The molecule has 5 rings (SSSR count). The first-order valence-corrected chi connectivity index (χ1v) is 12.3. The lowest BCUT2D eigenvalue weighted by atomic mass is 9.84. The van der Waals surface area contributed by atoms with Gasteiger partial charge in [0, 0.05) is 12.6 Å². The summed E-state index contributed by atoms with van der Waals surface area (Å²) in [5.74, 6) is 0.863. The van der Waals surface area contributed by atoms with Crippen LogP contribution in [0.4, 0.5) is 5.69 Å². The largest absolute Gasteiger partial charge is 0.444 e. The average molecular weight is 436 g/mol. The van der Waals surface area contributed by atoms with E-state index in [2.05, 4.69) is 14.9 Å². The molecule has 2 bridgehead atoms. The van der Waals surface area contributed by atoms with Crippen molar-refractivity contribution < 1.29 is 17.9 Å². The van der Waals surface area contributed by atoms with E-state index in [-0.39, 0.29) is 17.7 Å². The monoisotopic (exact) mass is 435 g/mol. The highest BCUT2D eigenvalue weighted by molar-refractivity contribution is 7.92. The summed E-state index contributed by atoms with van der Waals surface area (Å²) in [4.78, 5) is 15.7. The van der Waals surface area contributed by atoms with Crippen LogP contribution in [0.2, 0.25) is 0 Å². The van der Waals surface area contributed by atoms with Crippen LogP contribution in [0, 0.1) is 5.92 Å². The van der Waals surface area contributed by atoms with Gasteiger partial charge < -0.3 is 15.0 Å². The molecule has 0 saturated carbocycles. The number of ether oxygens (including phenoxy) is 1. The Morgan fingerprint density at radius 1 is 1.21 bits per heavy atom. The normalized spacial score (nSPS) is 23.6. The van der Waals surface area contributed by atoms with Gasteiger partial charge in [0.25, 0.3) is 5.91 Å². The van der Waals surface area contributed by atoms with Crippen LogP contribution in [0.5, 0.6) is 10.8 Å². The number of amides is 1. The summed E-state index contributed by atoms with van der Waals surface area (Å²) in [5.41, 5.74) is 0.376. The van der Waals surface area contributed by atoms with Gasteiger partial charge in [-0.15, -0.1) is 0 Å². The van der Waals surface area contributed by atoms with Gasteiger partial charge in [0.2, 0.25) is 10.0 Å². The van der Waals surface area contributed by atoms with Crippen molar-refractivity contribution in [3.8, 4) is 10.8 Å². The zero-order chi connectivity index (χ0) is 20.4. The van der Waals surface area contributed by atoms with E-state index in [1.165, 1.54) is 11.3 Å². The number of sulfonamides is 1. The van der Waals surface area contributed by atoms with E-state index < -0.39 is 10.0 Å². The second kappa shape index (κ2) is 8.33. The van der Waals surface area contributed by atoms with E-state index in [9.17, 15) is 13.2 Å². The number of carbonyl (C=O) groups is 1. The lowest BCUT2D eigenvalue weighted by Crippen LogP contribution is -2.57. The Balaban J connectivity index is 1.43. The Bertz CT molecular complexity index is 981. The van der Waals surface area contributed by atoms with Crippen molar-refractivity contribution in [2.24, 2.45) is 5.92 Å². The molecule has 1 amide bonds. The molecule has 1 atom stereocenters. The minimum atomic E-state index is -3.41. The van der Waals surface area contributed by atoms with Gasteiger partial charge in [-0.05, 0) is 63.0 Å². The van der Waals surface area contributed by atoms with Crippen LogP contribution >= 0.6 is 11.3 Å². The number of carbonyl (C=O) groups excluding carboxylic acids is 1. The summed E-state index contributed by atoms with van der Waals surface area (Å²) < 4.78 is 32.2. The van der Waals surface area contributed by atoms with Crippen LogP contribution in [-0.4, -0.2) is 50.7 Å². The van der Waals surface area contributed by atoms with Gasteiger partial charge in [-0.2, -0.15) is 0 Å². The van der Waals surface area contributed by atoms with E-state index >= 15 is 0 Å². The zero-order valence-electron chi connectivity index (χ0n) is 16.3. The molecule has 0 unspecified atom stereocenters. The van der Waals surface area contributed by atoms with Gasteiger partial charge in [-0.1, -0.05) is 23.5 Å². The number of hydrogen-bond acceptors (Lipinski definition) is 6. The van der Waals surface area contributed by atoms with Crippen molar-refractivity contribution >= 4 is 33.0 Å². The second-order valence-electron chi connectivity index (χ2n) is 7.44. The van der Waals surface area contributed by atoms with Gasteiger partial charge in [-0.25, -0.2) is 8.42 Å². The highest BCUT2D eigenvalue weighted by atomic mass is 32.2. The maximum absolute atomic E-state index is 12.7. The third-order valence-electron chi connectivity index (χ3n) is 5.52. The molecule has 2 aromatic rings. The number of para-hydroxylation sites is 2. The predicted molar refractivity (Wildman–Crippen MR) is 114 cm³/mol. The van der Waals surface area contributed by atoms with E-state index in [0.29, 0.717) is 27.3 Å². The Kier molecular flexibility index (Phi) is 5.80. The van der Waals surface area contributed by atoms with Crippen LogP contribution in [0.1, 0.15) is 29.4 Å². The number of fused-ring (bicyclic) bond motifs is 3. The molecular formula is C20H25N3O4S2. The minimum Gasteiger partial charge on any atom is -0.444 e. The molecule has 0 radical (unpaired) electrons. The number of thiophene rings is 1. The first-order chi connectivity index (χ1) is 13.9. The maximum atomic E-state index is 12.7. The Labute approximate surface area is 175 Å². The molecular weight excluding hydrogens is 410 g/mol. The third-order valence-corrected chi connectivity index (χ3v) is 7.77. The van der Waals surface area contributed by atoms with Crippen molar-refractivity contribution in [2.45, 2.75) is 25.8 Å². The molecule has 7 nitrogen and oxygen atoms in total. The topological polar surface area (TPSA) is 87.7 Å². The number of rotatable bonds is 7. The van der Waals surface area contributed by atoms with Gasteiger partial charge in [0.1, 0.15) is 0 Å². The first-order valence-electron chi connectivity index (χ1n) is 9.84. The number of nitrogens with zero attached hydrogens (tertiary/aromatic N) is 1. The summed E-state index contributed by atoms with van der Waals surface area (Å²) in [6.07, 6.45) is 2.29. The van der Waals surface area contributed by atoms with E-state index in [1.807, 2.05) is 0 Å². The molecule has 3 aliphatic heterocycles. The van der Waals surface area contributed by atoms with Crippen molar-refractivity contribution in [2.75, 3.05) is 30.1 Å². The van der Waals surface area contributed by atoms with Crippen molar-refractivity contribution in [1.29, 1.82) is 0 Å². The van der Waals surface area contributed by atoms with Crippen molar-refractivity contribution in [3.05, 3.63) is 41.3 Å². The third kappa shape index (κ3) is 4.73. The maximum Gasteiger partial charge on any atom is 0.261 e. The summed E-state index contributed by atoms with van der Waals surface area (Å²) in [5, 5.41) is 3.71. The molecule has 2 N–H and O–H groups in total. The second-order valence-corrected chi connectivity index (χ2v) is 10.5. The Hall–Kier alpha value is -2.10. The first kappa shape index (κ1) is 20.2. The summed E-state index contributed by atoms with van der Waals surface area (Å²) in [7, 11) is -3.41. The summed E-state index contributed by atoms with van der Waals surface area (Å²) in [6, 6.07) is 10.5. The van der Waals surface area contributed by atoms with Gasteiger partial charge in [-0.3, -0.25) is 9.52 Å². The number of hydrogen-bond donors (Lipinski definition) is 2. The Morgan fingerprint density at radius 2 is 1.97 bits per heavy atom. The quantitative estimate of drug-likeness (QED) is 0.698. The van der Waals surface area contributed by atoms with Crippen LogP contribution in [0.25, 0.3) is 0 Å². The fourth-order valence-corrected chi connectivity index (χ4v) is 5.27. The number of nitrogens with one attached hydrogen (secondary N) is 2. The molecule has 156 valence electrons. The number of benzene rings is 1. The molecule has 3 saturated heterocycles. The highest BCUT2D eigenvalue weighted by Crippen LogP contribution is 2.34. The molecule has 1 aromatic carbocycles. The smallest absolute Gasteiger partial charge is 0.261 e. The minimum absolute atomic E-state index is 0.0236. The molecule has 0 spiro atoms. The van der Waals surface area contributed by atoms with Gasteiger partial charge in [0.15, 0.2) is 10.8 Å². The van der Waals surface area contributed by atoms with Gasteiger partial charge in [0.05, 0.1) is 16.3 Å². The molecule has 29 heavy (non-hydrogen) atoms. The van der Waals surface area contributed by atoms with Gasteiger partial charge >= 0.3 is 0 Å². The van der Waals surface area contributed by atoms with Crippen LogP contribution < -0.4 is 14.8 Å². The standard InChI is InChI=1S/C20H25N3O4S2/c1-2-29(25,26)22-15-5-3-4-6-17(15)27-19-8-7-18(28-19)20(24)21-16-13-23-11-9-14(16)10-12-23/h3-8,14,16,22H,2,9-13H2,1H3,(H,21,24)/t16-/m0/s1. The van der Waals surface area contributed by atoms with E-state index in [0.717, 1.165) is 32.5 Å². The molecule has 3 aliphatic rings. The lowest BCUT2D eigenvalue weighted by molar-refractivity contribution is 0.0622. The molecule has 1 aromatic heterocycles. The fourth-order valence-electron chi connectivity index (χ4n) is 3.85. The fraction of sp³-hybridized carbons (Fsp3) is 0.450. The van der Waals surface area contributed by atoms with Crippen molar-refractivity contribution in [1.82, 2.24) is 10.2 Å². The highest BCUT2D eigenvalue weighted by Gasteiger charge is 2.35. The lowest BCUT2D eigenvalue weighted by Gasteiger charge is -2.44. The molecule has 4 heterocycles. The summed E-state index contributed by atoms with van der Waals surface area (Å²) >= 11 is 1.25.